The highest BCUT2D eigenvalue weighted by atomic mass is 16.5. The van der Waals surface area contributed by atoms with Gasteiger partial charge in [0.05, 0.1) is 17.7 Å². The molecule has 0 radical (unpaired) electrons. The van der Waals surface area contributed by atoms with Gasteiger partial charge in [0.1, 0.15) is 17.3 Å². The Balaban J connectivity index is 2.03. The highest BCUT2D eigenvalue weighted by molar-refractivity contribution is 6.46. The Morgan fingerprint density at radius 1 is 1.06 bits per heavy atom. The maximum Gasteiger partial charge on any atom is 0.295 e. The first kappa shape index (κ1) is 23.3. The van der Waals surface area contributed by atoms with E-state index < -0.39 is 17.7 Å². The monoisotopic (exact) mass is 438 g/mol. The smallest absolute Gasteiger partial charge is 0.295 e. The molecule has 1 aliphatic heterocycles. The van der Waals surface area contributed by atoms with Gasteiger partial charge in [0.2, 0.25) is 0 Å². The van der Waals surface area contributed by atoms with Crippen LogP contribution < -0.4 is 4.74 Å². The van der Waals surface area contributed by atoms with Gasteiger partial charge in [-0.2, -0.15) is 0 Å². The molecule has 3 rings (SSSR count). The van der Waals surface area contributed by atoms with Gasteiger partial charge in [0, 0.05) is 12.1 Å². The van der Waals surface area contributed by atoms with Crippen molar-refractivity contribution in [1.82, 2.24) is 9.80 Å². The van der Waals surface area contributed by atoms with E-state index in [0.29, 0.717) is 29.8 Å². The lowest BCUT2D eigenvalue weighted by Gasteiger charge is -2.26. The molecule has 1 amide bonds. The minimum absolute atomic E-state index is 0.0106. The number of nitrogens with zero attached hydrogens (tertiary/aromatic N) is 2. The number of amides is 1. The van der Waals surface area contributed by atoms with Crippen LogP contribution in [0.4, 0.5) is 0 Å². The molecule has 2 N–H and O–H groups in total. The van der Waals surface area contributed by atoms with Gasteiger partial charge in [-0.15, -0.1) is 0 Å². The van der Waals surface area contributed by atoms with Gasteiger partial charge >= 0.3 is 0 Å². The van der Waals surface area contributed by atoms with Crippen LogP contribution in [0, 0.1) is 0 Å². The number of phenols is 1. The molecular weight excluding hydrogens is 408 g/mol. The third-order valence-electron chi connectivity index (χ3n) is 5.25. The van der Waals surface area contributed by atoms with Crippen molar-refractivity contribution < 1.29 is 24.5 Å². The summed E-state index contributed by atoms with van der Waals surface area (Å²) in [4.78, 5) is 29.4. The zero-order valence-electron chi connectivity index (χ0n) is 18.9. The summed E-state index contributed by atoms with van der Waals surface area (Å²) in [6.07, 6.45) is 0.687. The van der Waals surface area contributed by atoms with E-state index in [1.165, 1.54) is 17.0 Å². The Hall–Kier alpha value is -3.32. The lowest BCUT2D eigenvalue weighted by molar-refractivity contribution is -0.139. The first-order chi connectivity index (χ1) is 15.2. The molecule has 1 fully saturated rings. The summed E-state index contributed by atoms with van der Waals surface area (Å²) in [5, 5.41) is 20.8. The van der Waals surface area contributed by atoms with Crippen LogP contribution in [0.2, 0.25) is 0 Å². The fourth-order valence-electron chi connectivity index (χ4n) is 3.79. The average molecular weight is 439 g/mol. The second kappa shape index (κ2) is 9.87. The van der Waals surface area contributed by atoms with E-state index in [0.717, 1.165) is 6.54 Å². The second-order valence-corrected chi connectivity index (χ2v) is 8.43. The Morgan fingerprint density at radius 2 is 1.69 bits per heavy atom. The fourth-order valence-corrected chi connectivity index (χ4v) is 3.79. The van der Waals surface area contributed by atoms with Crippen LogP contribution in [0.25, 0.3) is 5.76 Å². The summed E-state index contributed by atoms with van der Waals surface area (Å²) >= 11 is 0. The molecule has 0 bridgehead atoms. The normalized spacial score (nSPS) is 18.1. The van der Waals surface area contributed by atoms with Crippen LogP contribution in [0.3, 0.4) is 0 Å². The second-order valence-electron chi connectivity index (χ2n) is 8.43. The number of aromatic hydroxyl groups is 1. The summed E-state index contributed by atoms with van der Waals surface area (Å²) < 4.78 is 5.64. The maximum absolute atomic E-state index is 13.0. The number of rotatable bonds is 8. The van der Waals surface area contributed by atoms with E-state index in [1.54, 1.807) is 36.4 Å². The van der Waals surface area contributed by atoms with Crippen molar-refractivity contribution >= 4 is 17.4 Å². The summed E-state index contributed by atoms with van der Waals surface area (Å²) in [7, 11) is 3.89. The lowest BCUT2D eigenvalue weighted by atomic mass is 9.95. The number of carbonyl (C=O) groups is 2. The molecule has 2 aromatic carbocycles. The van der Waals surface area contributed by atoms with Crippen molar-refractivity contribution in [1.29, 1.82) is 0 Å². The quantitative estimate of drug-likeness (QED) is 0.372. The zero-order chi connectivity index (χ0) is 23.4. The molecule has 0 aromatic heterocycles. The number of benzene rings is 2. The molecule has 2 aromatic rings. The number of hydrogen-bond acceptors (Lipinski definition) is 6. The third-order valence-corrected chi connectivity index (χ3v) is 5.25. The van der Waals surface area contributed by atoms with E-state index >= 15 is 0 Å². The average Bonchev–Trinajstić information content (AvgIpc) is 2.99. The summed E-state index contributed by atoms with van der Waals surface area (Å²) in [5.74, 6) is -0.849. The summed E-state index contributed by atoms with van der Waals surface area (Å²) in [6, 6.07) is 12.4. The molecule has 170 valence electrons. The van der Waals surface area contributed by atoms with Crippen molar-refractivity contribution in [3.8, 4) is 11.5 Å². The minimum Gasteiger partial charge on any atom is -0.508 e. The molecule has 0 spiro atoms. The third kappa shape index (κ3) is 5.11. The van der Waals surface area contributed by atoms with Gasteiger partial charge < -0.3 is 24.7 Å². The molecule has 1 atom stereocenters. The lowest BCUT2D eigenvalue weighted by Crippen LogP contribution is -2.32. The predicted molar refractivity (Wildman–Crippen MR) is 122 cm³/mol. The predicted octanol–water partition coefficient (Wildman–Crippen LogP) is 3.55. The number of phenolic OH excluding ortho intramolecular Hbond substituents is 1. The van der Waals surface area contributed by atoms with Gasteiger partial charge in [0.25, 0.3) is 11.7 Å². The Morgan fingerprint density at radius 3 is 2.25 bits per heavy atom. The summed E-state index contributed by atoms with van der Waals surface area (Å²) in [6.45, 7) is 4.96. The van der Waals surface area contributed by atoms with E-state index in [-0.39, 0.29) is 23.2 Å². The first-order valence-electron chi connectivity index (χ1n) is 10.7. The van der Waals surface area contributed by atoms with E-state index in [4.69, 9.17) is 4.74 Å². The van der Waals surface area contributed by atoms with Crippen LogP contribution >= 0.6 is 0 Å². The number of ether oxygens (including phenoxy) is 1. The minimum atomic E-state index is -0.732. The Bertz CT molecular complexity index is 994. The van der Waals surface area contributed by atoms with Crippen LogP contribution in [0.5, 0.6) is 11.5 Å². The van der Waals surface area contributed by atoms with Crippen LogP contribution in [0.1, 0.15) is 37.4 Å². The van der Waals surface area contributed by atoms with Crippen LogP contribution in [-0.4, -0.2) is 65.0 Å². The van der Waals surface area contributed by atoms with Crippen LogP contribution in [0.15, 0.2) is 54.1 Å². The zero-order valence-corrected chi connectivity index (χ0v) is 18.9. The molecule has 1 unspecified atom stereocenters. The molecule has 1 heterocycles. The van der Waals surface area contributed by atoms with Crippen molar-refractivity contribution in [2.75, 3.05) is 27.2 Å². The molecule has 32 heavy (non-hydrogen) atoms. The van der Waals surface area contributed by atoms with Crippen molar-refractivity contribution in [3.05, 3.63) is 65.2 Å². The molecule has 7 heteroatoms. The van der Waals surface area contributed by atoms with Crippen molar-refractivity contribution in [3.63, 3.8) is 0 Å². The highest BCUT2D eigenvalue weighted by Crippen LogP contribution is 2.40. The SMILES string of the molecule is CC(C)Oc1ccc(C(O)=C2C(=O)C(=O)N(CCCN(C)C)C2c2ccc(O)cc2)cc1. The number of likely N-dealkylation sites (tertiary alicyclic amines) is 1. The first-order valence-corrected chi connectivity index (χ1v) is 10.7. The molecule has 7 nitrogen and oxygen atoms in total. The maximum atomic E-state index is 13.0. The highest BCUT2D eigenvalue weighted by Gasteiger charge is 2.45. The molecule has 1 saturated heterocycles. The number of aliphatic hydroxyl groups is 1. The van der Waals surface area contributed by atoms with Crippen molar-refractivity contribution in [2.24, 2.45) is 0 Å². The molecule has 0 aliphatic carbocycles. The van der Waals surface area contributed by atoms with Gasteiger partial charge in [-0.1, -0.05) is 12.1 Å². The Kier molecular flexibility index (Phi) is 7.20. The number of aliphatic hydroxyl groups excluding tert-OH is 1. The summed E-state index contributed by atoms with van der Waals surface area (Å²) in [5.41, 5.74) is 1.12. The fraction of sp³-hybridized carbons (Fsp3) is 0.360. The van der Waals surface area contributed by atoms with E-state index in [1.807, 2.05) is 32.8 Å². The van der Waals surface area contributed by atoms with Gasteiger partial charge in [0.15, 0.2) is 0 Å². The van der Waals surface area contributed by atoms with Gasteiger partial charge in [-0.25, -0.2) is 0 Å². The molecule has 0 saturated carbocycles. The number of Topliss-reactive ketones (excluding diaryl/α,β-unsaturated/α-hetero) is 1. The van der Waals surface area contributed by atoms with Crippen LogP contribution in [-0.2, 0) is 9.59 Å². The van der Waals surface area contributed by atoms with E-state index in [9.17, 15) is 19.8 Å². The van der Waals surface area contributed by atoms with Gasteiger partial charge in [-0.3, -0.25) is 9.59 Å². The standard InChI is InChI=1S/C25H30N2O5/c1-16(2)32-20-12-8-18(9-13-20)23(29)21-22(17-6-10-19(28)11-7-17)27(25(31)24(21)30)15-5-14-26(3)4/h6-13,16,22,28-29H,5,14-15H2,1-4H3. The topological polar surface area (TPSA) is 90.3 Å². The number of hydrogen-bond donors (Lipinski definition) is 2. The largest absolute Gasteiger partial charge is 0.508 e. The number of ketones is 1. The number of carbonyl (C=O) groups excluding carboxylic acids is 2. The molecule has 1 aliphatic rings. The van der Waals surface area contributed by atoms with E-state index in [2.05, 4.69) is 0 Å². The Labute approximate surface area is 188 Å². The molecular formula is C25H30N2O5. The van der Waals surface area contributed by atoms with Gasteiger partial charge in [-0.05, 0) is 82.9 Å². The van der Waals surface area contributed by atoms with Crippen molar-refractivity contribution in [2.45, 2.75) is 32.4 Å².